The number of benzene rings is 1. The summed E-state index contributed by atoms with van der Waals surface area (Å²) in [6.45, 7) is 4.29. The van der Waals surface area contributed by atoms with E-state index in [0.29, 0.717) is 22.9 Å². The Labute approximate surface area is 162 Å². The van der Waals surface area contributed by atoms with Gasteiger partial charge in [-0.25, -0.2) is 13.4 Å². The van der Waals surface area contributed by atoms with Crippen molar-refractivity contribution in [3.63, 3.8) is 0 Å². The molecule has 28 heavy (non-hydrogen) atoms. The molecule has 4 rings (SSSR count). The summed E-state index contributed by atoms with van der Waals surface area (Å²) in [4.78, 5) is 4.92. The number of pyridine rings is 1. The van der Waals surface area contributed by atoms with Gasteiger partial charge in [0.25, 0.3) is 0 Å². The zero-order valence-electron chi connectivity index (χ0n) is 16.0. The zero-order chi connectivity index (χ0) is 19.9. The van der Waals surface area contributed by atoms with E-state index in [1.807, 2.05) is 10.9 Å². The summed E-state index contributed by atoms with van der Waals surface area (Å²) in [7, 11) is -3.30. The minimum Gasteiger partial charge on any atom is -0.336 e. The molecule has 0 radical (unpaired) electrons. The van der Waals surface area contributed by atoms with E-state index in [9.17, 15) is 8.42 Å². The number of rotatable bonds is 6. The van der Waals surface area contributed by atoms with Crippen LogP contribution in [0.25, 0.3) is 21.8 Å². The molecule has 146 valence electrons. The van der Waals surface area contributed by atoms with E-state index >= 15 is 0 Å². The predicted octanol–water partition coefficient (Wildman–Crippen LogP) is 3.82. The standard InChI is InChI=1S/C19H22N6O2S/c1-4-13(5-2)25-11-12(9-21-25)22-19-18-16(10-20-24-18)15-8-14(28(3,26)27)6-7-17(15)23-19/h6-11,13H,4-5H2,1-3H3,(H,20,24)(H,22,23). The summed E-state index contributed by atoms with van der Waals surface area (Å²) < 4.78 is 25.8. The molecule has 0 unspecified atom stereocenters. The van der Waals surface area contributed by atoms with Crippen molar-refractivity contribution in [2.45, 2.75) is 37.6 Å². The topological polar surface area (TPSA) is 106 Å². The zero-order valence-corrected chi connectivity index (χ0v) is 16.8. The van der Waals surface area contributed by atoms with Gasteiger partial charge in [0.1, 0.15) is 5.52 Å². The number of fused-ring (bicyclic) bond motifs is 3. The van der Waals surface area contributed by atoms with Crippen molar-refractivity contribution in [2.24, 2.45) is 0 Å². The average Bonchev–Trinajstić information content (AvgIpc) is 3.32. The molecule has 8 nitrogen and oxygen atoms in total. The molecule has 0 saturated heterocycles. The number of aromatic nitrogens is 5. The number of nitrogens with zero attached hydrogens (tertiary/aromatic N) is 4. The Morgan fingerprint density at radius 2 is 2.00 bits per heavy atom. The van der Waals surface area contributed by atoms with Crippen LogP contribution in [0.5, 0.6) is 0 Å². The Morgan fingerprint density at radius 1 is 1.21 bits per heavy atom. The Morgan fingerprint density at radius 3 is 2.71 bits per heavy atom. The molecule has 3 aromatic heterocycles. The molecule has 9 heteroatoms. The molecule has 0 bridgehead atoms. The van der Waals surface area contributed by atoms with Gasteiger partial charge in [0, 0.05) is 29.4 Å². The van der Waals surface area contributed by atoms with Crippen LogP contribution in [0.15, 0.2) is 41.7 Å². The van der Waals surface area contributed by atoms with E-state index in [0.717, 1.165) is 29.3 Å². The minimum atomic E-state index is -3.30. The summed E-state index contributed by atoms with van der Waals surface area (Å²) in [5.74, 6) is 0.597. The van der Waals surface area contributed by atoms with E-state index in [2.05, 4.69) is 39.4 Å². The monoisotopic (exact) mass is 398 g/mol. The Balaban J connectivity index is 1.79. The fourth-order valence-corrected chi connectivity index (χ4v) is 4.04. The Kier molecular flexibility index (Phi) is 4.54. The van der Waals surface area contributed by atoms with E-state index in [-0.39, 0.29) is 4.90 Å². The van der Waals surface area contributed by atoms with Crippen LogP contribution in [0.1, 0.15) is 32.7 Å². The number of nitrogens with one attached hydrogen (secondary N) is 2. The molecule has 0 fully saturated rings. The number of H-pyrrole nitrogens is 1. The largest absolute Gasteiger partial charge is 0.336 e. The Hall–Kier alpha value is -2.94. The van der Waals surface area contributed by atoms with Crippen molar-refractivity contribution in [1.29, 1.82) is 0 Å². The van der Waals surface area contributed by atoms with Crippen molar-refractivity contribution in [2.75, 3.05) is 11.6 Å². The van der Waals surface area contributed by atoms with Crippen LogP contribution in [0.3, 0.4) is 0 Å². The molecule has 0 aliphatic heterocycles. The number of anilines is 2. The third-order valence-electron chi connectivity index (χ3n) is 4.96. The lowest BCUT2D eigenvalue weighted by Crippen LogP contribution is -2.06. The lowest BCUT2D eigenvalue weighted by molar-refractivity contribution is 0.428. The van der Waals surface area contributed by atoms with E-state index in [1.165, 1.54) is 6.26 Å². The maximum absolute atomic E-state index is 11.9. The first kappa shape index (κ1) is 18.4. The van der Waals surface area contributed by atoms with Crippen LogP contribution in [0, 0.1) is 0 Å². The highest BCUT2D eigenvalue weighted by atomic mass is 32.2. The molecule has 0 spiro atoms. The number of hydrogen-bond acceptors (Lipinski definition) is 6. The quantitative estimate of drug-likeness (QED) is 0.511. The minimum absolute atomic E-state index is 0.261. The molecule has 2 N–H and O–H groups in total. The third kappa shape index (κ3) is 3.22. The maximum atomic E-state index is 11.9. The lowest BCUT2D eigenvalue weighted by Gasteiger charge is -2.12. The van der Waals surface area contributed by atoms with E-state index in [4.69, 9.17) is 0 Å². The summed E-state index contributed by atoms with van der Waals surface area (Å²) in [5, 5.41) is 16.5. The average molecular weight is 398 g/mol. The van der Waals surface area contributed by atoms with Gasteiger partial charge in [0.15, 0.2) is 15.7 Å². The van der Waals surface area contributed by atoms with Crippen LogP contribution in [-0.4, -0.2) is 39.6 Å². The second-order valence-corrected chi connectivity index (χ2v) is 8.88. The fourth-order valence-electron chi connectivity index (χ4n) is 3.40. The molecular weight excluding hydrogens is 376 g/mol. The van der Waals surface area contributed by atoms with Gasteiger partial charge in [-0.1, -0.05) is 13.8 Å². The van der Waals surface area contributed by atoms with Gasteiger partial charge < -0.3 is 5.32 Å². The highest BCUT2D eigenvalue weighted by Crippen LogP contribution is 2.31. The first-order valence-electron chi connectivity index (χ1n) is 9.19. The summed E-state index contributed by atoms with van der Waals surface area (Å²) in [6.07, 6.45) is 8.71. The second-order valence-electron chi connectivity index (χ2n) is 6.86. The Bertz CT molecular complexity index is 1250. The van der Waals surface area contributed by atoms with Crippen LogP contribution in [0.4, 0.5) is 11.5 Å². The number of aromatic amines is 1. The molecular formula is C19H22N6O2S. The molecule has 4 aromatic rings. The molecule has 0 amide bonds. The second kappa shape index (κ2) is 6.90. The third-order valence-corrected chi connectivity index (χ3v) is 6.07. The summed E-state index contributed by atoms with van der Waals surface area (Å²) in [6, 6.07) is 5.30. The van der Waals surface area contributed by atoms with Crippen LogP contribution in [0.2, 0.25) is 0 Å². The molecule has 0 aliphatic carbocycles. The van der Waals surface area contributed by atoms with Gasteiger partial charge >= 0.3 is 0 Å². The van der Waals surface area contributed by atoms with Crippen LogP contribution < -0.4 is 5.32 Å². The van der Waals surface area contributed by atoms with Gasteiger partial charge in [-0.15, -0.1) is 0 Å². The highest BCUT2D eigenvalue weighted by Gasteiger charge is 2.15. The van der Waals surface area contributed by atoms with Crippen LogP contribution >= 0.6 is 0 Å². The van der Waals surface area contributed by atoms with Crippen molar-refractivity contribution in [3.8, 4) is 0 Å². The first-order chi connectivity index (χ1) is 13.4. The van der Waals surface area contributed by atoms with Crippen LogP contribution in [-0.2, 0) is 9.84 Å². The van der Waals surface area contributed by atoms with Gasteiger partial charge in [-0.3, -0.25) is 9.78 Å². The summed E-state index contributed by atoms with van der Waals surface area (Å²) >= 11 is 0. The van der Waals surface area contributed by atoms with Crippen molar-refractivity contribution < 1.29 is 8.42 Å². The fraction of sp³-hybridized carbons (Fsp3) is 0.316. The summed E-state index contributed by atoms with van der Waals surface area (Å²) in [5.41, 5.74) is 2.17. The number of sulfone groups is 1. The van der Waals surface area contributed by atoms with E-state index < -0.39 is 9.84 Å². The van der Waals surface area contributed by atoms with Gasteiger partial charge in [0.2, 0.25) is 0 Å². The van der Waals surface area contributed by atoms with Crippen molar-refractivity contribution in [3.05, 3.63) is 36.8 Å². The predicted molar refractivity (Wildman–Crippen MR) is 110 cm³/mol. The van der Waals surface area contributed by atoms with Gasteiger partial charge in [0.05, 0.1) is 28.3 Å². The molecule has 1 aromatic carbocycles. The highest BCUT2D eigenvalue weighted by molar-refractivity contribution is 7.90. The van der Waals surface area contributed by atoms with Gasteiger partial charge in [-0.2, -0.15) is 10.2 Å². The van der Waals surface area contributed by atoms with E-state index in [1.54, 1.807) is 30.6 Å². The normalized spacial score (nSPS) is 12.3. The number of hydrogen-bond donors (Lipinski definition) is 2. The molecule has 0 aliphatic rings. The SMILES string of the molecule is CCC(CC)n1cc(Nc2nc3ccc(S(C)(=O)=O)cc3c3c[nH]nc23)cn1. The first-order valence-corrected chi connectivity index (χ1v) is 11.1. The van der Waals surface area contributed by atoms with Crippen molar-refractivity contribution in [1.82, 2.24) is 25.0 Å². The molecule has 0 atom stereocenters. The molecule has 0 saturated carbocycles. The smallest absolute Gasteiger partial charge is 0.175 e. The lowest BCUT2D eigenvalue weighted by atomic mass is 10.1. The van der Waals surface area contributed by atoms with Crippen molar-refractivity contribution >= 4 is 43.1 Å². The molecule has 3 heterocycles. The maximum Gasteiger partial charge on any atom is 0.175 e. The van der Waals surface area contributed by atoms with Gasteiger partial charge in [-0.05, 0) is 31.0 Å².